The van der Waals surface area contributed by atoms with E-state index in [9.17, 15) is 0 Å². The van der Waals surface area contributed by atoms with Gasteiger partial charge in [-0.3, -0.25) is 0 Å². The number of anilines is 3. The number of hydrogen-bond acceptors (Lipinski definition) is 1. The standard InChI is InChI=1S/C40H31N/c1-39(2)34-21-11-13-23-36(34)40(37-24-14-12-22-35(37)39)33-20-10-9-19-31(33)32-26-25-30(27-38(32)40)41(28-15-5-3-6-16-28)29-17-7-4-8-18-29/h3-27H,1-2H3. The van der Waals surface area contributed by atoms with Crippen molar-refractivity contribution < 1.29 is 0 Å². The van der Waals surface area contributed by atoms with Gasteiger partial charge < -0.3 is 4.90 Å². The van der Waals surface area contributed by atoms with Crippen LogP contribution in [0.25, 0.3) is 11.1 Å². The molecule has 6 aromatic carbocycles. The first-order valence-electron chi connectivity index (χ1n) is 14.5. The molecule has 1 heteroatoms. The van der Waals surface area contributed by atoms with Crippen LogP contribution in [0.5, 0.6) is 0 Å². The van der Waals surface area contributed by atoms with Crippen LogP contribution in [0.3, 0.4) is 0 Å². The lowest BCUT2D eigenvalue weighted by Crippen LogP contribution is -2.40. The molecule has 2 aliphatic rings. The molecule has 41 heavy (non-hydrogen) atoms. The highest BCUT2D eigenvalue weighted by molar-refractivity contribution is 5.91. The Hall–Kier alpha value is -4.88. The smallest absolute Gasteiger partial charge is 0.0720 e. The maximum atomic E-state index is 2.46. The van der Waals surface area contributed by atoms with Crippen LogP contribution in [0.1, 0.15) is 47.2 Å². The summed E-state index contributed by atoms with van der Waals surface area (Å²) >= 11 is 0. The molecule has 0 fully saturated rings. The lowest BCUT2D eigenvalue weighted by Gasteiger charge is -2.46. The van der Waals surface area contributed by atoms with Crippen LogP contribution in [-0.2, 0) is 10.8 Å². The van der Waals surface area contributed by atoms with E-state index in [0.29, 0.717) is 0 Å². The van der Waals surface area contributed by atoms with Crippen molar-refractivity contribution in [3.8, 4) is 11.1 Å². The minimum absolute atomic E-state index is 0.103. The van der Waals surface area contributed by atoms with Gasteiger partial charge in [-0.25, -0.2) is 0 Å². The van der Waals surface area contributed by atoms with Gasteiger partial charge in [0, 0.05) is 22.5 Å². The predicted molar refractivity (Wildman–Crippen MR) is 171 cm³/mol. The van der Waals surface area contributed by atoms with Gasteiger partial charge in [0.15, 0.2) is 0 Å². The van der Waals surface area contributed by atoms with Crippen LogP contribution in [0.4, 0.5) is 17.1 Å². The third kappa shape index (κ3) is 3.24. The second kappa shape index (κ2) is 8.81. The quantitative estimate of drug-likeness (QED) is 0.222. The Labute approximate surface area is 242 Å². The zero-order valence-electron chi connectivity index (χ0n) is 23.4. The van der Waals surface area contributed by atoms with E-state index in [4.69, 9.17) is 0 Å². The zero-order chi connectivity index (χ0) is 27.6. The van der Waals surface area contributed by atoms with Crippen molar-refractivity contribution in [2.45, 2.75) is 24.7 Å². The molecule has 1 spiro atoms. The van der Waals surface area contributed by atoms with E-state index in [2.05, 4.69) is 170 Å². The van der Waals surface area contributed by atoms with Crippen molar-refractivity contribution in [2.75, 3.05) is 4.90 Å². The maximum absolute atomic E-state index is 2.46. The normalized spacial score (nSPS) is 15.0. The molecule has 0 atom stereocenters. The third-order valence-corrected chi connectivity index (χ3v) is 9.32. The van der Waals surface area contributed by atoms with Gasteiger partial charge in [-0.1, -0.05) is 129 Å². The molecule has 2 aliphatic carbocycles. The summed E-state index contributed by atoms with van der Waals surface area (Å²) < 4.78 is 0. The Morgan fingerprint density at radius 1 is 0.366 bits per heavy atom. The molecule has 1 nitrogen and oxygen atoms in total. The summed E-state index contributed by atoms with van der Waals surface area (Å²) in [5, 5.41) is 0. The minimum Gasteiger partial charge on any atom is -0.310 e. The Bertz CT molecular complexity index is 1830. The van der Waals surface area contributed by atoms with Crippen molar-refractivity contribution in [1.82, 2.24) is 0 Å². The molecule has 0 unspecified atom stereocenters. The van der Waals surface area contributed by atoms with E-state index in [1.807, 2.05) is 0 Å². The van der Waals surface area contributed by atoms with Gasteiger partial charge in [-0.05, 0) is 80.9 Å². The molecule has 0 saturated carbocycles. The monoisotopic (exact) mass is 525 g/mol. The summed E-state index contributed by atoms with van der Waals surface area (Å²) in [5.74, 6) is 0. The largest absolute Gasteiger partial charge is 0.310 e. The van der Waals surface area contributed by atoms with Gasteiger partial charge in [0.25, 0.3) is 0 Å². The average Bonchev–Trinajstić information content (AvgIpc) is 3.32. The molecule has 0 heterocycles. The highest BCUT2D eigenvalue weighted by Gasteiger charge is 2.53. The van der Waals surface area contributed by atoms with Crippen LogP contribution in [0.15, 0.2) is 152 Å². The number of benzene rings is 6. The molecule has 0 radical (unpaired) electrons. The number of para-hydroxylation sites is 2. The predicted octanol–water partition coefficient (Wildman–Crippen LogP) is 10.2. The van der Waals surface area contributed by atoms with Gasteiger partial charge in [-0.15, -0.1) is 0 Å². The van der Waals surface area contributed by atoms with Crippen molar-refractivity contribution in [3.05, 3.63) is 185 Å². The maximum Gasteiger partial charge on any atom is 0.0720 e. The molecule has 196 valence electrons. The fourth-order valence-electron chi connectivity index (χ4n) is 7.59. The highest BCUT2D eigenvalue weighted by atomic mass is 15.1. The molecule has 0 bridgehead atoms. The fourth-order valence-corrected chi connectivity index (χ4v) is 7.59. The van der Waals surface area contributed by atoms with Gasteiger partial charge in [0.2, 0.25) is 0 Å². The van der Waals surface area contributed by atoms with Gasteiger partial charge in [0.05, 0.1) is 5.41 Å². The number of nitrogens with zero attached hydrogens (tertiary/aromatic N) is 1. The summed E-state index contributed by atoms with van der Waals surface area (Å²) in [7, 11) is 0. The summed E-state index contributed by atoms with van der Waals surface area (Å²) in [6, 6.07) is 55.8. The third-order valence-electron chi connectivity index (χ3n) is 9.32. The molecule has 0 aromatic heterocycles. The minimum atomic E-state index is -0.399. The number of rotatable bonds is 3. The van der Waals surface area contributed by atoms with Crippen LogP contribution in [0, 0.1) is 0 Å². The van der Waals surface area contributed by atoms with Gasteiger partial charge in [0.1, 0.15) is 0 Å². The lowest BCUT2D eigenvalue weighted by atomic mass is 9.55. The van der Waals surface area contributed by atoms with E-state index < -0.39 is 5.41 Å². The average molecular weight is 526 g/mol. The van der Waals surface area contributed by atoms with E-state index >= 15 is 0 Å². The molecule has 8 rings (SSSR count). The molecule has 0 amide bonds. The Balaban J connectivity index is 1.48. The van der Waals surface area contributed by atoms with Gasteiger partial charge >= 0.3 is 0 Å². The lowest BCUT2D eigenvalue weighted by molar-refractivity contribution is 0.563. The second-order valence-corrected chi connectivity index (χ2v) is 11.7. The van der Waals surface area contributed by atoms with Crippen LogP contribution < -0.4 is 4.90 Å². The molecular weight excluding hydrogens is 494 g/mol. The highest BCUT2D eigenvalue weighted by Crippen LogP contribution is 2.62. The Morgan fingerprint density at radius 3 is 1.37 bits per heavy atom. The summed E-state index contributed by atoms with van der Waals surface area (Å²) in [5.41, 5.74) is 13.9. The van der Waals surface area contributed by atoms with E-state index in [0.717, 1.165) is 17.1 Å². The van der Waals surface area contributed by atoms with Crippen molar-refractivity contribution in [2.24, 2.45) is 0 Å². The van der Waals surface area contributed by atoms with Gasteiger partial charge in [-0.2, -0.15) is 0 Å². The molecule has 0 aliphatic heterocycles. The van der Waals surface area contributed by atoms with Crippen molar-refractivity contribution in [3.63, 3.8) is 0 Å². The van der Waals surface area contributed by atoms with Crippen LogP contribution in [-0.4, -0.2) is 0 Å². The number of fused-ring (bicyclic) bond motifs is 9. The summed E-state index contributed by atoms with van der Waals surface area (Å²) in [4.78, 5) is 2.38. The molecule has 0 N–H and O–H groups in total. The van der Waals surface area contributed by atoms with E-state index in [-0.39, 0.29) is 5.41 Å². The molecule has 6 aromatic rings. The first-order chi connectivity index (χ1) is 20.1. The first-order valence-corrected chi connectivity index (χ1v) is 14.5. The molecular formula is C40H31N. The first kappa shape index (κ1) is 24.0. The summed E-state index contributed by atoms with van der Waals surface area (Å²) in [6.45, 7) is 4.75. The summed E-state index contributed by atoms with van der Waals surface area (Å²) in [6.07, 6.45) is 0. The van der Waals surface area contributed by atoms with Crippen molar-refractivity contribution in [1.29, 1.82) is 0 Å². The molecule has 0 saturated heterocycles. The zero-order valence-corrected chi connectivity index (χ0v) is 23.4. The Morgan fingerprint density at radius 2 is 0.805 bits per heavy atom. The van der Waals surface area contributed by atoms with Crippen LogP contribution in [0.2, 0.25) is 0 Å². The SMILES string of the molecule is CC1(C)c2ccccc2C2(c3ccccc3-c3ccc(N(c4ccccc4)c4ccccc4)cc32)c2ccccc21. The second-order valence-electron chi connectivity index (χ2n) is 11.7. The topological polar surface area (TPSA) is 3.24 Å². The number of hydrogen-bond donors (Lipinski definition) is 0. The fraction of sp³-hybridized carbons (Fsp3) is 0.100. The Kier molecular flexibility index (Phi) is 5.15. The van der Waals surface area contributed by atoms with E-state index in [1.165, 1.54) is 44.5 Å². The van der Waals surface area contributed by atoms with Crippen LogP contribution >= 0.6 is 0 Å². The van der Waals surface area contributed by atoms with E-state index in [1.54, 1.807) is 0 Å². The van der Waals surface area contributed by atoms with Crippen molar-refractivity contribution >= 4 is 17.1 Å².